The van der Waals surface area contributed by atoms with Gasteiger partial charge < -0.3 is 5.11 Å². The van der Waals surface area contributed by atoms with Crippen LogP contribution in [-0.2, 0) is 9.84 Å². The molecule has 0 aliphatic rings. The molecule has 0 aliphatic carbocycles. The van der Waals surface area contributed by atoms with Crippen molar-refractivity contribution in [3.05, 3.63) is 29.3 Å². The minimum Gasteiger partial charge on any atom is -0.395 e. The van der Waals surface area contributed by atoms with Crippen LogP contribution in [0, 0.1) is 0 Å². The van der Waals surface area contributed by atoms with Crippen LogP contribution in [-0.4, -0.2) is 25.4 Å². The zero-order chi connectivity index (χ0) is 11.5. The first kappa shape index (κ1) is 12.5. The summed E-state index contributed by atoms with van der Waals surface area (Å²) >= 11 is 5.72. The van der Waals surface area contributed by atoms with E-state index in [1.165, 1.54) is 12.1 Å². The van der Waals surface area contributed by atoms with Gasteiger partial charge in [-0.25, -0.2) is 8.42 Å². The molecular formula is C10H13ClO3S. The molecule has 0 spiro atoms. The van der Waals surface area contributed by atoms with E-state index in [-0.39, 0.29) is 11.5 Å². The largest absolute Gasteiger partial charge is 0.395 e. The van der Waals surface area contributed by atoms with Gasteiger partial charge in [-0.2, -0.15) is 0 Å². The highest BCUT2D eigenvalue weighted by Crippen LogP contribution is 2.21. The predicted octanol–water partition coefficient (Wildman–Crippen LogP) is 1.88. The van der Waals surface area contributed by atoms with Crippen molar-refractivity contribution >= 4 is 21.4 Å². The third-order valence-electron chi connectivity index (χ3n) is 2.22. The molecule has 0 saturated carbocycles. The average molecular weight is 249 g/mol. The SMILES string of the molecule is CCC(CO)S(=O)(=O)c1cccc(Cl)c1. The topological polar surface area (TPSA) is 54.4 Å². The summed E-state index contributed by atoms with van der Waals surface area (Å²) in [5, 5.41) is 8.60. The second-order valence-electron chi connectivity index (χ2n) is 3.22. The van der Waals surface area contributed by atoms with Crippen LogP contribution in [0.4, 0.5) is 0 Å². The van der Waals surface area contributed by atoms with Crippen molar-refractivity contribution in [3.8, 4) is 0 Å². The van der Waals surface area contributed by atoms with E-state index in [9.17, 15) is 8.42 Å². The smallest absolute Gasteiger partial charge is 0.183 e. The first-order valence-corrected chi connectivity index (χ1v) is 6.55. The molecule has 1 aromatic rings. The molecule has 5 heteroatoms. The van der Waals surface area contributed by atoms with Crippen molar-refractivity contribution in [2.45, 2.75) is 23.5 Å². The fourth-order valence-electron chi connectivity index (χ4n) is 1.28. The molecule has 1 unspecified atom stereocenters. The number of hydrogen-bond acceptors (Lipinski definition) is 3. The summed E-state index contributed by atoms with van der Waals surface area (Å²) < 4.78 is 23.9. The zero-order valence-corrected chi connectivity index (χ0v) is 9.92. The maximum Gasteiger partial charge on any atom is 0.183 e. The summed E-state index contributed by atoms with van der Waals surface area (Å²) in [5.41, 5.74) is 0. The molecule has 0 radical (unpaired) electrons. The van der Waals surface area contributed by atoms with E-state index in [0.29, 0.717) is 11.4 Å². The lowest BCUT2D eigenvalue weighted by atomic mass is 10.3. The number of halogens is 1. The maximum atomic E-state index is 11.9. The van der Waals surface area contributed by atoms with Crippen molar-refractivity contribution in [2.75, 3.05) is 6.61 Å². The number of benzene rings is 1. The van der Waals surface area contributed by atoms with Gasteiger partial charge in [0.25, 0.3) is 0 Å². The van der Waals surface area contributed by atoms with E-state index in [4.69, 9.17) is 16.7 Å². The quantitative estimate of drug-likeness (QED) is 0.885. The van der Waals surface area contributed by atoms with E-state index in [0.717, 1.165) is 0 Å². The van der Waals surface area contributed by atoms with Crippen LogP contribution >= 0.6 is 11.6 Å². The van der Waals surface area contributed by atoms with Crippen LogP contribution in [0.3, 0.4) is 0 Å². The number of aliphatic hydroxyl groups is 1. The number of sulfone groups is 1. The molecule has 1 N–H and O–H groups in total. The molecule has 1 atom stereocenters. The Labute approximate surface area is 94.6 Å². The van der Waals surface area contributed by atoms with Crippen LogP contribution in [0.2, 0.25) is 5.02 Å². The Morgan fingerprint density at radius 2 is 2.13 bits per heavy atom. The van der Waals surface area contributed by atoms with Gasteiger partial charge in [-0.1, -0.05) is 24.6 Å². The van der Waals surface area contributed by atoms with Gasteiger partial charge in [0.2, 0.25) is 0 Å². The van der Waals surface area contributed by atoms with Gasteiger partial charge >= 0.3 is 0 Å². The number of rotatable bonds is 4. The molecule has 0 aliphatic heterocycles. The molecule has 1 aromatic carbocycles. The van der Waals surface area contributed by atoms with Crippen LogP contribution in [0.25, 0.3) is 0 Å². The Bertz CT molecular complexity index is 424. The second kappa shape index (κ2) is 4.96. The van der Waals surface area contributed by atoms with Gasteiger partial charge in [-0.15, -0.1) is 0 Å². The second-order valence-corrected chi connectivity index (χ2v) is 5.88. The van der Waals surface area contributed by atoms with Gasteiger partial charge in [0.1, 0.15) is 0 Å². The third-order valence-corrected chi connectivity index (χ3v) is 4.73. The van der Waals surface area contributed by atoms with E-state index in [1.807, 2.05) is 0 Å². The lowest BCUT2D eigenvalue weighted by Gasteiger charge is -2.12. The predicted molar refractivity (Wildman–Crippen MR) is 59.8 cm³/mol. The standard InChI is InChI=1S/C10H13ClO3S/c1-2-9(7-12)15(13,14)10-5-3-4-8(11)6-10/h3-6,9,12H,2,7H2,1H3. The van der Waals surface area contributed by atoms with Crippen LogP contribution < -0.4 is 0 Å². The fraction of sp³-hybridized carbons (Fsp3) is 0.400. The van der Waals surface area contributed by atoms with Crippen molar-refractivity contribution < 1.29 is 13.5 Å². The lowest BCUT2D eigenvalue weighted by molar-refractivity contribution is 0.287. The highest BCUT2D eigenvalue weighted by molar-refractivity contribution is 7.92. The molecule has 0 saturated heterocycles. The molecule has 3 nitrogen and oxygen atoms in total. The van der Waals surface area contributed by atoms with Gasteiger partial charge in [0, 0.05) is 5.02 Å². The van der Waals surface area contributed by atoms with E-state index in [2.05, 4.69) is 0 Å². The summed E-state index contributed by atoms with van der Waals surface area (Å²) in [6.07, 6.45) is 0.380. The Balaban J connectivity index is 3.16. The van der Waals surface area contributed by atoms with E-state index >= 15 is 0 Å². The Hall–Kier alpha value is -0.580. The summed E-state index contributed by atoms with van der Waals surface area (Å²) in [7, 11) is -3.46. The Morgan fingerprint density at radius 3 is 2.60 bits per heavy atom. The zero-order valence-electron chi connectivity index (χ0n) is 8.35. The molecule has 0 fully saturated rings. The van der Waals surface area contributed by atoms with Crippen molar-refractivity contribution in [3.63, 3.8) is 0 Å². The summed E-state index contributed by atoms with van der Waals surface area (Å²) in [4.78, 5) is 0.163. The summed E-state index contributed by atoms with van der Waals surface area (Å²) in [6.45, 7) is 1.36. The Kier molecular flexibility index (Phi) is 4.13. The fourth-order valence-corrected chi connectivity index (χ4v) is 3.12. The molecule has 1 rings (SSSR count). The molecule has 15 heavy (non-hydrogen) atoms. The van der Waals surface area contributed by atoms with E-state index < -0.39 is 15.1 Å². The maximum absolute atomic E-state index is 11.9. The molecule has 0 amide bonds. The first-order chi connectivity index (χ1) is 7.02. The van der Waals surface area contributed by atoms with Crippen molar-refractivity contribution in [1.29, 1.82) is 0 Å². The lowest BCUT2D eigenvalue weighted by Crippen LogP contribution is -2.24. The highest BCUT2D eigenvalue weighted by Gasteiger charge is 2.25. The minimum absolute atomic E-state index is 0.163. The van der Waals surface area contributed by atoms with Gasteiger partial charge in [-0.3, -0.25) is 0 Å². The normalized spacial score (nSPS) is 13.8. The third kappa shape index (κ3) is 2.71. The molecule has 0 heterocycles. The average Bonchev–Trinajstić information content (AvgIpc) is 2.19. The van der Waals surface area contributed by atoms with Crippen LogP contribution in [0.5, 0.6) is 0 Å². The Morgan fingerprint density at radius 1 is 1.47 bits per heavy atom. The number of hydrogen-bond donors (Lipinski definition) is 1. The molecule has 84 valence electrons. The number of aliphatic hydroxyl groups excluding tert-OH is 1. The summed E-state index contributed by atoms with van der Waals surface area (Å²) in [5.74, 6) is 0. The van der Waals surface area contributed by atoms with Crippen LogP contribution in [0.1, 0.15) is 13.3 Å². The monoisotopic (exact) mass is 248 g/mol. The van der Waals surface area contributed by atoms with E-state index in [1.54, 1.807) is 19.1 Å². The molecule has 0 bridgehead atoms. The highest BCUT2D eigenvalue weighted by atomic mass is 35.5. The minimum atomic E-state index is -3.46. The van der Waals surface area contributed by atoms with Crippen LogP contribution in [0.15, 0.2) is 29.2 Å². The van der Waals surface area contributed by atoms with Crippen molar-refractivity contribution in [1.82, 2.24) is 0 Å². The van der Waals surface area contributed by atoms with Gasteiger partial charge in [0.05, 0.1) is 16.8 Å². The van der Waals surface area contributed by atoms with Gasteiger partial charge in [-0.05, 0) is 24.6 Å². The molecular weight excluding hydrogens is 236 g/mol. The summed E-state index contributed by atoms with van der Waals surface area (Å²) in [6, 6.07) is 6.08. The van der Waals surface area contributed by atoms with Crippen molar-refractivity contribution in [2.24, 2.45) is 0 Å². The molecule has 0 aromatic heterocycles. The van der Waals surface area contributed by atoms with Gasteiger partial charge in [0.15, 0.2) is 9.84 Å². The first-order valence-electron chi connectivity index (χ1n) is 4.62.